The Bertz CT molecular complexity index is 3780. The van der Waals surface area contributed by atoms with Crippen LogP contribution in [0, 0.1) is 6.92 Å². The van der Waals surface area contributed by atoms with Crippen LogP contribution in [0.4, 0.5) is 28.4 Å². The van der Waals surface area contributed by atoms with Gasteiger partial charge in [0.05, 0.1) is 16.7 Å². The topological polar surface area (TPSA) is 20.2 Å². The third-order valence-electron chi connectivity index (χ3n) is 16.1. The van der Waals surface area contributed by atoms with E-state index < -0.39 is 8.07 Å². The van der Waals surface area contributed by atoms with Gasteiger partial charge in [-0.2, -0.15) is 0 Å². The lowest BCUT2D eigenvalue weighted by Gasteiger charge is -2.42. The van der Waals surface area contributed by atoms with E-state index in [-0.39, 0.29) is 17.5 Å². The van der Waals surface area contributed by atoms with E-state index in [9.17, 15) is 0 Å². The minimum absolute atomic E-state index is 0.0300. The highest BCUT2D eigenvalue weighted by molar-refractivity contribution is 7.20. The van der Waals surface area contributed by atoms with Gasteiger partial charge in [0.25, 0.3) is 6.71 Å². The number of nitrogens with one attached hydrogen (secondary N) is 1. The molecule has 74 heavy (non-hydrogen) atoms. The first-order valence-corrected chi connectivity index (χ1v) is 28.3. The number of hydrogen-bond donors (Lipinski definition) is 1. The van der Waals surface area contributed by atoms with Crippen molar-refractivity contribution in [2.75, 3.05) is 10.2 Å². The molecule has 0 atom stereocenters. The van der Waals surface area contributed by atoms with E-state index in [2.05, 4.69) is 294 Å². The summed E-state index contributed by atoms with van der Waals surface area (Å²) in [5.41, 5.74) is 19.5. The van der Waals surface area contributed by atoms with Gasteiger partial charge in [-0.1, -0.05) is 229 Å². The average molecular weight is 970 g/mol. The zero-order chi connectivity index (χ0) is 50.5. The Labute approximate surface area is 437 Å². The van der Waals surface area contributed by atoms with E-state index >= 15 is 0 Å². The van der Waals surface area contributed by atoms with E-state index in [1.54, 1.807) is 0 Å². The fourth-order valence-corrected chi connectivity index (χ4v) is 17.1. The molecule has 2 aliphatic heterocycles. The molecule has 1 N–H and O–H groups in total. The molecule has 3 heterocycles. The zero-order valence-corrected chi connectivity index (χ0v) is 44.4. The minimum Gasteiger partial charge on any atom is -0.356 e. The van der Waals surface area contributed by atoms with Gasteiger partial charge < -0.3 is 14.8 Å². The van der Waals surface area contributed by atoms with Gasteiger partial charge in [0.1, 0.15) is 0 Å². The van der Waals surface area contributed by atoms with Crippen LogP contribution in [0.5, 0.6) is 0 Å². The first-order valence-electron chi connectivity index (χ1n) is 26.3. The van der Waals surface area contributed by atoms with Gasteiger partial charge in [-0.25, -0.2) is 0 Å². The first kappa shape index (κ1) is 45.7. The maximum atomic E-state index is 4.17. The highest BCUT2D eigenvalue weighted by atomic mass is 28.3. The molecule has 0 bridgehead atoms. The van der Waals surface area contributed by atoms with Crippen LogP contribution in [0.2, 0.25) is 0 Å². The molecule has 3 nitrogen and oxygen atoms in total. The number of aromatic nitrogens is 1. The molecule has 1 aromatic heterocycles. The molecule has 2 aliphatic rings. The van der Waals surface area contributed by atoms with Crippen molar-refractivity contribution < 1.29 is 0 Å². The SMILES string of the molecule is Cc1ccc2c(c1)B1c3cc([Si](c4ccccc4)(c4ccccc4)c4ccccc4)ccc3Nc3cc(-n4c5cc(C(C)(C)C)ccc5c5ccc(C(C)(C)C)cc54)cc(c31)N2c1ccc(-c2ccccc2)cc1. The second-order valence-electron chi connectivity index (χ2n) is 22.7. The number of hydrogen-bond acceptors (Lipinski definition) is 2. The van der Waals surface area contributed by atoms with Crippen LogP contribution in [0.1, 0.15) is 58.2 Å². The lowest BCUT2D eigenvalue weighted by Crippen LogP contribution is -2.75. The summed E-state index contributed by atoms with van der Waals surface area (Å²) in [6.45, 7) is 16.1. The summed E-state index contributed by atoms with van der Waals surface area (Å²) in [7, 11) is -2.87. The van der Waals surface area contributed by atoms with Crippen molar-refractivity contribution in [3.63, 3.8) is 0 Å². The standard InChI is InChI=1S/C69H60BN3Si/c1-46-28-39-63-60(40-46)70-59-45-56(74(53-22-14-9-15-23-53,54-24-16-10-17-25-54)55-26-18-11-19-27-55)35-38-61(59)71-62-43-52(44-66(67(62)70)72(63)51-33-29-48(30-34-51)47-20-12-8-13-21-47)73-64-41-49(68(2,3)4)31-36-57(64)58-37-32-50(42-65(58)73)69(5,6)7/h8-45,71H,1-7H3. The third kappa shape index (κ3) is 7.31. The average Bonchev–Trinajstić information content (AvgIpc) is 3.76. The minimum atomic E-state index is -2.87. The van der Waals surface area contributed by atoms with E-state index in [1.807, 2.05) is 0 Å². The van der Waals surface area contributed by atoms with Crippen LogP contribution in [-0.4, -0.2) is 19.4 Å². The highest BCUT2D eigenvalue weighted by Gasteiger charge is 2.45. The van der Waals surface area contributed by atoms with Gasteiger partial charge in [0.2, 0.25) is 0 Å². The Balaban J connectivity index is 1.11. The number of anilines is 5. The van der Waals surface area contributed by atoms with Gasteiger partial charge >= 0.3 is 0 Å². The van der Waals surface area contributed by atoms with E-state index in [0.29, 0.717) is 0 Å². The largest absolute Gasteiger partial charge is 0.356 e. The molecule has 5 heteroatoms. The Kier molecular flexibility index (Phi) is 10.7. The Morgan fingerprint density at radius 2 is 0.932 bits per heavy atom. The highest BCUT2D eigenvalue weighted by Crippen LogP contribution is 2.44. The van der Waals surface area contributed by atoms with Crippen molar-refractivity contribution >= 4 is 102 Å². The molecular weight excluding hydrogens is 910 g/mol. The first-order chi connectivity index (χ1) is 35.9. The fraction of sp³-hybridized carbons (Fsp3) is 0.130. The van der Waals surface area contributed by atoms with Crippen molar-refractivity contribution in [1.82, 2.24) is 4.57 Å². The van der Waals surface area contributed by atoms with Crippen molar-refractivity contribution in [3.05, 3.63) is 247 Å². The molecule has 0 fully saturated rings. The van der Waals surface area contributed by atoms with Gasteiger partial charge in [-0.15, -0.1) is 0 Å². The molecule has 0 unspecified atom stereocenters. The molecule has 0 amide bonds. The maximum Gasteiger partial charge on any atom is 0.252 e. The quantitative estimate of drug-likeness (QED) is 0.127. The predicted octanol–water partition coefficient (Wildman–Crippen LogP) is 13.1. The smallest absolute Gasteiger partial charge is 0.252 e. The summed E-state index contributed by atoms with van der Waals surface area (Å²) in [6.07, 6.45) is 0. The molecule has 11 aromatic rings. The van der Waals surface area contributed by atoms with Crippen LogP contribution < -0.4 is 47.4 Å². The Hall–Kier alpha value is -8.12. The van der Waals surface area contributed by atoms with Gasteiger partial charge in [0, 0.05) is 39.2 Å². The predicted molar refractivity (Wildman–Crippen MR) is 321 cm³/mol. The summed E-state index contributed by atoms with van der Waals surface area (Å²) >= 11 is 0. The Morgan fingerprint density at radius 3 is 1.47 bits per heavy atom. The van der Waals surface area contributed by atoms with E-state index in [0.717, 1.165) is 22.7 Å². The normalized spacial score (nSPS) is 13.1. The Morgan fingerprint density at radius 1 is 0.405 bits per heavy atom. The van der Waals surface area contributed by atoms with Crippen LogP contribution >= 0.6 is 0 Å². The summed E-state index contributed by atoms with van der Waals surface area (Å²) in [4.78, 5) is 2.55. The van der Waals surface area contributed by atoms with Crippen molar-refractivity contribution in [2.24, 2.45) is 0 Å². The molecule has 0 saturated heterocycles. The third-order valence-corrected chi connectivity index (χ3v) is 20.9. The van der Waals surface area contributed by atoms with E-state index in [1.165, 1.54) is 98.1 Å². The van der Waals surface area contributed by atoms with Crippen LogP contribution in [0.3, 0.4) is 0 Å². The number of nitrogens with zero attached hydrogens (tertiary/aromatic N) is 2. The molecule has 0 aliphatic carbocycles. The summed E-state index contributed by atoms with van der Waals surface area (Å²) in [5, 5.41) is 12.2. The lowest BCUT2D eigenvalue weighted by molar-refractivity contribution is 0.591. The fourth-order valence-electron chi connectivity index (χ4n) is 12.4. The van der Waals surface area contributed by atoms with Crippen LogP contribution in [-0.2, 0) is 10.8 Å². The number of benzene rings is 10. The molecule has 0 saturated carbocycles. The number of rotatable bonds is 7. The maximum absolute atomic E-state index is 4.17. The molecule has 13 rings (SSSR count). The van der Waals surface area contributed by atoms with Crippen LogP contribution in [0.15, 0.2) is 231 Å². The lowest BCUT2D eigenvalue weighted by atomic mass is 9.33. The molecule has 0 radical (unpaired) electrons. The molecular formula is C69H60BN3Si. The van der Waals surface area contributed by atoms with Crippen molar-refractivity contribution in [3.8, 4) is 16.8 Å². The summed E-state index contributed by atoms with van der Waals surface area (Å²) in [5.74, 6) is 0. The van der Waals surface area contributed by atoms with Gasteiger partial charge in [-0.05, 0) is 126 Å². The summed E-state index contributed by atoms with van der Waals surface area (Å²) < 4.78 is 2.56. The zero-order valence-electron chi connectivity index (χ0n) is 43.4. The molecule has 0 spiro atoms. The second-order valence-corrected chi connectivity index (χ2v) is 26.6. The summed E-state index contributed by atoms with van der Waals surface area (Å²) in [6, 6.07) is 87.7. The van der Waals surface area contributed by atoms with Gasteiger partial charge in [0.15, 0.2) is 8.07 Å². The number of fused-ring (bicyclic) bond motifs is 7. The van der Waals surface area contributed by atoms with E-state index in [4.69, 9.17) is 0 Å². The second kappa shape index (κ2) is 17.3. The molecule has 10 aromatic carbocycles. The van der Waals surface area contributed by atoms with Gasteiger partial charge in [-0.3, -0.25) is 0 Å². The van der Waals surface area contributed by atoms with Crippen LogP contribution in [0.25, 0.3) is 38.6 Å². The monoisotopic (exact) mass is 969 g/mol. The molecule has 358 valence electrons. The van der Waals surface area contributed by atoms with Crippen molar-refractivity contribution in [1.29, 1.82) is 0 Å². The number of aryl methyl sites for hydroxylation is 1. The van der Waals surface area contributed by atoms with Crippen molar-refractivity contribution in [2.45, 2.75) is 59.3 Å².